The maximum Gasteiger partial charge on any atom is 0.229 e. The molecule has 0 unspecified atom stereocenters. The van der Waals surface area contributed by atoms with Crippen molar-refractivity contribution in [2.45, 2.75) is 6.42 Å². The Morgan fingerprint density at radius 1 is 0.923 bits per heavy atom. The Kier molecular flexibility index (Phi) is 9.25. The molecule has 0 aliphatic carbocycles. The van der Waals surface area contributed by atoms with E-state index < -0.39 is 0 Å². The Morgan fingerprint density at radius 2 is 1.31 bits per heavy atom. The minimum absolute atomic E-state index is 0.0424. The van der Waals surface area contributed by atoms with Gasteiger partial charge in [-0.2, -0.15) is 0 Å². The summed E-state index contributed by atoms with van der Waals surface area (Å²) in [5.41, 5.74) is 0. The zero-order valence-corrected chi connectivity index (χ0v) is 11.4. The van der Waals surface area contributed by atoms with Crippen molar-refractivity contribution in [3.63, 3.8) is 0 Å². The van der Waals surface area contributed by atoms with Crippen LogP contribution in [0.1, 0.15) is 6.42 Å². The number of amides is 2. The van der Waals surface area contributed by atoms with Crippen LogP contribution in [0.5, 0.6) is 0 Å². The molecule has 13 heavy (non-hydrogen) atoms. The standard InChI is InChI=1S/C7H12I2N2O2/c8-4-6(12)10-2-1-3-11-7(13)5-9/h1-5H2,(H,10,12)(H,11,13). The number of nitrogens with one attached hydrogen (secondary N) is 2. The molecule has 76 valence electrons. The second-order valence-corrected chi connectivity index (χ2v) is 3.85. The highest BCUT2D eigenvalue weighted by atomic mass is 127. The molecule has 0 heterocycles. The van der Waals surface area contributed by atoms with E-state index in [0.29, 0.717) is 21.9 Å². The van der Waals surface area contributed by atoms with Crippen LogP contribution in [0.25, 0.3) is 0 Å². The van der Waals surface area contributed by atoms with E-state index in [9.17, 15) is 9.59 Å². The van der Waals surface area contributed by atoms with Gasteiger partial charge in [-0.3, -0.25) is 9.59 Å². The lowest BCUT2D eigenvalue weighted by atomic mass is 10.4. The highest BCUT2D eigenvalue weighted by Gasteiger charge is 1.97. The number of hydrogen-bond donors (Lipinski definition) is 2. The molecule has 0 bridgehead atoms. The molecule has 0 saturated carbocycles. The van der Waals surface area contributed by atoms with Crippen LogP contribution in [0.2, 0.25) is 0 Å². The molecule has 2 amide bonds. The van der Waals surface area contributed by atoms with E-state index in [1.54, 1.807) is 0 Å². The quantitative estimate of drug-likeness (QED) is 0.381. The molecule has 0 fully saturated rings. The molecule has 0 aromatic carbocycles. The zero-order valence-electron chi connectivity index (χ0n) is 7.11. The second-order valence-electron chi connectivity index (χ2n) is 2.32. The summed E-state index contributed by atoms with van der Waals surface area (Å²) in [5.74, 6) is 0.0848. The smallest absolute Gasteiger partial charge is 0.229 e. The maximum absolute atomic E-state index is 10.8. The van der Waals surface area contributed by atoms with Crippen LogP contribution in [0.15, 0.2) is 0 Å². The van der Waals surface area contributed by atoms with Crippen molar-refractivity contribution in [2.75, 3.05) is 21.9 Å². The van der Waals surface area contributed by atoms with Gasteiger partial charge in [0.2, 0.25) is 11.8 Å². The van der Waals surface area contributed by atoms with Crippen molar-refractivity contribution in [1.82, 2.24) is 10.6 Å². The first-order valence-corrected chi connectivity index (χ1v) is 6.91. The predicted molar refractivity (Wildman–Crippen MR) is 68.4 cm³/mol. The molecular weight excluding hydrogens is 398 g/mol. The van der Waals surface area contributed by atoms with Gasteiger partial charge in [-0.15, -0.1) is 0 Å². The van der Waals surface area contributed by atoms with Crippen molar-refractivity contribution in [1.29, 1.82) is 0 Å². The topological polar surface area (TPSA) is 58.2 Å². The summed E-state index contributed by atoms with van der Waals surface area (Å²) >= 11 is 4.02. The van der Waals surface area contributed by atoms with E-state index in [0.717, 1.165) is 6.42 Å². The van der Waals surface area contributed by atoms with Gasteiger partial charge in [0.1, 0.15) is 0 Å². The number of rotatable bonds is 6. The van der Waals surface area contributed by atoms with Crippen LogP contribution in [0, 0.1) is 0 Å². The Bertz CT molecular complexity index is 158. The summed E-state index contributed by atoms with van der Waals surface area (Å²) in [7, 11) is 0. The molecule has 0 radical (unpaired) electrons. The Hall–Kier alpha value is 0.400. The van der Waals surface area contributed by atoms with Gasteiger partial charge in [-0.25, -0.2) is 0 Å². The van der Waals surface area contributed by atoms with Crippen molar-refractivity contribution in [3.8, 4) is 0 Å². The lowest BCUT2D eigenvalue weighted by Crippen LogP contribution is -2.30. The first kappa shape index (κ1) is 13.4. The molecule has 0 atom stereocenters. The second kappa shape index (κ2) is 8.97. The van der Waals surface area contributed by atoms with Crippen LogP contribution in [0.3, 0.4) is 0 Å². The summed E-state index contributed by atoms with van der Waals surface area (Å²) < 4.78 is 0.968. The van der Waals surface area contributed by atoms with Crippen LogP contribution in [-0.2, 0) is 9.59 Å². The van der Waals surface area contributed by atoms with Crippen LogP contribution in [-0.4, -0.2) is 33.8 Å². The number of carbonyl (C=O) groups is 2. The molecule has 4 nitrogen and oxygen atoms in total. The average Bonchev–Trinajstić information content (AvgIpc) is 2.16. The average molecular weight is 410 g/mol. The molecule has 0 aromatic rings. The summed E-state index contributed by atoms with van der Waals surface area (Å²) in [6.45, 7) is 1.26. The molecule has 0 aliphatic rings. The third-order valence-electron chi connectivity index (χ3n) is 1.24. The Labute approximate surface area is 105 Å². The third-order valence-corrected chi connectivity index (χ3v) is 2.63. The first-order chi connectivity index (χ1) is 6.20. The molecule has 0 saturated heterocycles. The third kappa shape index (κ3) is 8.72. The van der Waals surface area contributed by atoms with E-state index in [-0.39, 0.29) is 11.8 Å². The molecule has 0 spiro atoms. The number of halogens is 2. The predicted octanol–water partition coefficient (Wildman–Crippen LogP) is 0.479. The van der Waals surface area contributed by atoms with E-state index >= 15 is 0 Å². The van der Waals surface area contributed by atoms with Crippen molar-refractivity contribution in [2.24, 2.45) is 0 Å². The largest absolute Gasteiger partial charge is 0.355 e. The van der Waals surface area contributed by atoms with Gasteiger partial charge in [0, 0.05) is 13.1 Å². The fourth-order valence-electron chi connectivity index (χ4n) is 0.638. The van der Waals surface area contributed by atoms with Gasteiger partial charge in [-0.1, -0.05) is 45.2 Å². The number of hydrogen-bond acceptors (Lipinski definition) is 2. The number of carbonyl (C=O) groups excluding carboxylic acids is 2. The highest BCUT2D eigenvalue weighted by Crippen LogP contribution is 1.82. The molecule has 6 heteroatoms. The fraction of sp³-hybridized carbons (Fsp3) is 0.714. The summed E-state index contributed by atoms with van der Waals surface area (Å²) in [6.07, 6.45) is 0.782. The van der Waals surface area contributed by atoms with Crippen molar-refractivity contribution < 1.29 is 9.59 Å². The van der Waals surface area contributed by atoms with E-state index in [4.69, 9.17) is 0 Å². The summed E-state index contributed by atoms with van der Waals surface area (Å²) in [6, 6.07) is 0. The highest BCUT2D eigenvalue weighted by molar-refractivity contribution is 14.1. The molecular formula is C7H12I2N2O2. The van der Waals surface area contributed by atoms with E-state index in [2.05, 4.69) is 10.6 Å². The molecule has 0 rings (SSSR count). The zero-order chi connectivity index (χ0) is 10.1. The van der Waals surface area contributed by atoms with E-state index in [1.165, 1.54) is 0 Å². The van der Waals surface area contributed by atoms with Crippen LogP contribution in [0.4, 0.5) is 0 Å². The minimum Gasteiger partial charge on any atom is -0.355 e. The van der Waals surface area contributed by atoms with Crippen molar-refractivity contribution in [3.05, 3.63) is 0 Å². The minimum atomic E-state index is 0.0424. The number of alkyl halides is 2. The van der Waals surface area contributed by atoms with Gasteiger partial charge < -0.3 is 10.6 Å². The lowest BCUT2D eigenvalue weighted by molar-refractivity contribution is -0.118. The van der Waals surface area contributed by atoms with Crippen molar-refractivity contribution >= 4 is 57.0 Å². The van der Waals surface area contributed by atoms with Gasteiger partial charge in [-0.05, 0) is 6.42 Å². The normalized spacial score (nSPS) is 9.38. The lowest BCUT2D eigenvalue weighted by Gasteiger charge is -2.03. The molecule has 2 N–H and O–H groups in total. The van der Waals surface area contributed by atoms with Gasteiger partial charge in [0.05, 0.1) is 8.86 Å². The Morgan fingerprint density at radius 3 is 1.62 bits per heavy atom. The van der Waals surface area contributed by atoms with Gasteiger partial charge >= 0.3 is 0 Å². The van der Waals surface area contributed by atoms with E-state index in [1.807, 2.05) is 45.2 Å². The monoisotopic (exact) mass is 410 g/mol. The first-order valence-electron chi connectivity index (χ1n) is 3.86. The molecule has 0 aliphatic heterocycles. The van der Waals surface area contributed by atoms with Gasteiger partial charge in [0.15, 0.2) is 0 Å². The Balaban J connectivity index is 3.17. The van der Waals surface area contributed by atoms with Crippen LogP contribution >= 0.6 is 45.2 Å². The van der Waals surface area contributed by atoms with Crippen LogP contribution < -0.4 is 10.6 Å². The molecule has 0 aromatic heterocycles. The fourth-order valence-corrected chi connectivity index (χ4v) is 1.18. The summed E-state index contributed by atoms with van der Waals surface area (Å²) in [5, 5.41) is 5.45. The summed E-state index contributed by atoms with van der Waals surface area (Å²) in [4.78, 5) is 21.5. The maximum atomic E-state index is 10.8. The van der Waals surface area contributed by atoms with Gasteiger partial charge in [0.25, 0.3) is 0 Å². The SMILES string of the molecule is O=C(CI)NCCCNC(=O)CI.